The monoisotopic (exact) mass is 520 g/mol. The van der Waals surface area contributed by atoms with Crippen molar-refractivity contribution in [1.29, 1.82) is 0 Å². The van der Waals surface area contributed by atoms with Crippen LogP contribution in [0.2, 0.25) is 0 Å². The van der Waals surface area contributed by atoms with Crippen LogP contribution < -0.4 is 26.6 Å². The fourth-order valence-electron chi connectivity index (χ4n) is 3.90. The first-order valence-electron chi connectivity index (χ1n) is 10.8. The van der Waals surface area contributed by atoms with E-state index in [-0.39, 0.29) is 5.91 Å². The lowest BCUT2D eigenvalue weighted by Gasteiger charge is -2.41. The lowest BCUT2D eigenvalue weighted by molar-refractivity contribution is 0.0998. The summed E-state index contributed by atoms with van der Waals surface area (Å²) >= 11 is 3.38. The van der Waals surface area contributed by atoms with Gasteiger partial charge in [-0.15, -0.1) is 0 Å². The van der Waals surface area contributed by atoms with Gasteiger partial charge in [0.2, 0.25) is 0 Å². The van der Waals surface area contributed by atoms with Gasteiger partial charge in [0.15, 0.2) is 6.29 Å². The number of nitrogens with zero attached hydrogens (tertiary/aromatic N) is 2. The van der Waals surface area contributed by atoms with Gasteiger partial charge in [-0.1, -0.05) is 28.1 Å². The van der Waals surface area contributed by atoms with E-state index in [9.17, 15) is 9.59 Å². The number of nitrogens with two attached hydrogens (primary N) is 1. The average Bonchev–Trinajstić information content (AvgIpc) is 2.84. The Morgan fingerprint density at radius 2 is 1.85 bits per heavy atom. The van der Waals surface area contributed by atoms with E-state index < -0.39 is 12.2 Å². The molecule has 3 aromatic rings. The molecule has 1 aliphatic rings. The van der Waals surface area contributed by atoms with Crippen molar-refractivity contribution < 1.29 is 9.59 Å². The molecule has 0 aromatic heterocycles. The van der Waals surface area contributed by atoms with Gasteiger partial charge < -0.3 is 21.3 Å². The van der Waals surface area contributed by atoms with Crippen molar-refractivity contribution in [1.82, 2.24) is 10.6 Å². The maximum Gasteiger partial charge on any atom is 0.255 e. The number of fused-ring (bicyclic) bond motifs is 1. The number of rotatable bonds is 6. The van der Waals surface area contributed by atoms with Crippen molar-refractivity contribution >= 4 is 50.6 Å². The van der Waals surface area contributed by atoms with Gasteiger partial charge in [0.1, 0.15) is 5.84 Å². The summed E-state index contributed by atoms with van der Waals surface area (Å²) in [7, 11) is 1.81. The summed E-state index contributed by atoms with van der Waals surface area (Å²) in [4.78, 5) is 31.6. The molecule has 4 rings (SSSR count). The van der Waals surface area contributed by atoms with Crippen molar-refractivity contribution in [2.45, 2.75) is 13.2 Å². The van der Waals surface area contributed by atoms with Crippen molar-refractivity contribution in [2.24, 2.45) is 10.7 Å². The highest BCUT2D eigenvalue weighted by Gasteiger charge is 2.33. The van der Waals surface area contributed by atoms with E-state index in [2.05, 4.69) is 36.9 Å². The summed E-state index contributed by atoms with van der Waals surface area (Å²) in [5.74, 6) is -0.0766. The zero-order valence-electron chi connectivity index (χ0n) is 18.8. The number of carbonyl (C=O) groups excluding carboxylic acids is 2. The van der Waals surface area contributed by atoms with E-state index in [4.69, 9.17) is 5.73 Å². The topological polar surface area (TPSA) is 112 Å². The molecule has 0 spiro atoms. The second kappa shape index (κ2) is 10.1. The largest absolute Gasteiger partial charge is 0.366 e. The van der Waals surface area contributed by atoms with Crippen LogP contribution in [0.5, 0.6) is 0 Å². The zero-order chi connectivity index (χ0) is 24.2. The molecule has 8 nitrogen and oxygen atoms in total. The van der Waals surface area contributed by atoms with Crippen LogP contribution in [-0.2, 0) is 0 Å². The number of amides is 2. The minimum atomic E-state index is -0.533. The summed E-state index contributed by atoms with van der Waals surface area (Å²) in [6, 6.07) is 20.0. The predicted molar refractivity (Wildman–Crippen MR) is 139 cm³/mol. The molecule has 5 N–H and O–H groups in total. The van der Waals surface area contributed by atoms with Crippen molar-refractivity contribution in [3.8, 4) is 0 Å². The molecule has 9 heteroatoms. The molecule has 174 valence electrons. The van der Waals surface area contributed by atoms with Gasteiger partial charge in [-0.2, -0.15) is 0 Å². The van der Waals surface area contributed by atoms with Gasteiger partial charge in [-0.3, -0.25) is 19.9 Å². The highest BCUT2D eigenvalue weighted by Crippen LogP contribution is 2.37. The van der Waals surface area contributed by atoms with Crippen LogP contribution in [0.25, 0.3) is 0 Å². The van der Waals surface area contributed by atoms with Crippen LogP contribution in [0, 0.1) is 0 Å². The van der Waals surface area contributed by atoms with Crippen LogP contribution in [0.3, 0.4) is 0 Å². The first-order valence-corrected chi connectivity index (χ1v) is 11.6. The van der Waals surface area contributed by atoms with E-state index >= 15 is 0 Å². The highest BCUT2D eigenvalue weighted by atomic mass is 79.9. The Hall–Kier alpha value is -3.69. The van der Waals surface area contributed by atoms with Crippen LogP contribution in [0.4, 0.5) is 17.1 Å². The molecule has 34 heavy (non-hydrogen) atoms. The SMILES string of the molecule is CCN=C1NC(NC)N(c2cccc(NC(=O)c3ccc(Br)cc3)c2)c2c(C(N)=O)cccc21. The molecular weight excluding hydrogens is 496 g/mol. The van der Waals surface area contributed by atoms with Crippen molar-refractivity contribution in [3.63, 3.8) is 0 Å². The van der Waals surface area contributed by atoms with Crippen molar-refractivity contribution in [2.75, 3.05) is 23.8 Å². The van der Waals surface area contributed by atoms with E-state index in [1.54, 1.807) is 24.3 Å². The molecular formula is C25H25BrN6O2. The number of benzene rings is 3. The fourth-order valence-corrected chi connectivity index (χ4v) is 4.16. The first-order chi connectivity index (χ1) is 16.4. The molecule has 0 saturated carbocycles. The third-order valence-electron chi connectivity index (χ3n) is 5.41. The van der Waals surface area contributed by atoms with Crippen LogP contribution in [-0.4, -0.2) is 37.5 Å². The Bertz CT molecular complexity index is 1260. The molecule has 0 radical (unpaired) electrons. The molecule has 1 aliphatic heterocycles. The lowest BCUT2D eigenvalue weighted by Crippen LogP contribution is -2.58. The lowest BCUT2D eigenvalue weighted by atomic mass is 10.0. The normalized spacial score (nSPS) is 16.0. The smallest absolute Gasteiger partial charge is 0.255 e. The summed E-state index contributed by atoms with van der Waals surface area (Å²) in [5, 5.41) is 9.56. The fraction of sp³-hybridized carbons (Fsp3) is 0.160. The van der Waals surface area contributed by atoms with Crippen LogP contribution in [0.15, 0.2) is 76.2 Å². The number of anilines is 3. The molecule has 1 atom stereocenters. The predicted octanol–water partition coefficient (Wildman–Crippen LogP) is 3.81. The number of carbonyl (C=O) groups is 2. The zero-order valence-corrected chi connectivity index (χ0v) is 20.4. The third kappa shape index (κ3) is 4.66. The molecule has 2 amide bonds. The Morgan fingerprint density at radius 1 is 1.12 bits per heavy atom. The highest BCUT2D eigenvalue weighted by molar-refractivity contribution is 9.10. The Balaban J connectivity index is 1.77. The minimum absolute atomic E-state index is 0.220. The summed E-state index contributed by atoms with van der Waals surface area (Å²) < 4.78 is 0.900. The van der Waals surface area contributed by atoms with Gasteiger partial charge in [-0.05, 0) is 68.6 Å². The number of hydrogen-bond donors (Lipinski definition) is 4. The van der Waals surface area contributed by atoms with Crippen LogP contribution >= 0.6 is 15.9 Å². The standard InChI is InChI=1S/C25H25BrN6O2/c1-3-29-23-20-9-5-8-19(22(27)33)21(20)32(25(28-2)31-23)18-7-4-6-17(14-18)30-24(34)15-10-12-16(26)13-11-15/h4-14,25,28H,3H2,1-2H3,(H2,27,33)(H,29,31)(H,30,34). The van der Waals surface area contributed by atoms with E-state index in [1.807, 2.05) is 61.3 Å². The third-order valence-corrected chi connectivity index (χ3v) is 5.94. The average molecular weight is 521 g/mol. The van der Waals surface area contributed by atoms with Gasteiger partial charge >= 0.3 is 0 Å². The van der Waals surface area contributed by atoms with Gasteiger partial charge in [-0.25, -0.2) is 0 Å². The Labute approximate surface area is 206 Å². The minimum Gasteiger partial charge on any atom is -0.366 e. The summed E-state index contributed by atoms with van der Waals surface area (Å²) in [5.41, 5.74) is 9.47. The molecule has 1 heterocycles. The molecule has 3 aromatic carbocycles. The van der Waals surface area contributed by atoms with E-state index in [0.717, 1.165) is 15.7 Å². The van der Waals surface area contributed by atoms with Gasteiger partial charge in [0, 0.05) is 33.5 Å². The molecule has 0 fully saturated rings. The van der Waals surface area contributed by atoms with Gasteiger partial charge in [0.05, 0.1) is 11.3 Å². The maximum absolute atomic E-state index is 12.7. The van der Waals surface area contributed by atoms with Gasteiger partial charge in [0.25, 0.3) is 11.8 Å². The van der Waals surface area contributed by atoms with Crippen LogP contribution in [0.1, 0.15) is 33.2 Å². The van der Waals surface area contributed by atoms with Crippen molar-refractivity contribution in [3.05, 3.63) is 87.9 Å². The maximum atomic E-state index is 12.7. The number of hydrogen-bond acceptors (Lipinski definition) is 5. The summed E-state index contributed by atoms with van der Waals surface area (Å²) in [6.45, 7) is 2.53. The second-order valence-corrected chi connectivity index (χ2v) is 8.52. The number of halogens is 1. The quantitative estimate of drug-likeness (QED) is 0.394. The number of para-hydroxylation sites is 1. The molecule has 0 bridgehead atoms. The first kappa shape index (κ1) is 23.5. The number of aliphatic imine (C=N–C) groups is 1. The van der Waals surface area contributed by atoms with E-state index in [0.29, 0.717) is 34.9 Å². The Morgan fingerprint density at radius 3 is 2.53 bits per heavy atom. The molecule has 0 saturated heterocycles. The van der Waals surface area contributed by atoms with E-state index in [1.165, 1.54) is 0 Å². The summed E-state index contributed by atoms with van der Waals surface area (Å²) in [6.07, 6.45) is -0.407. The second-order valence-electron chi connectivity index (χ2n) is 7.61. The number of primary amides is 1. The Kier molecular flexibility index (Phi) is 6.95. The number of nitrogens with one attached hydrogen (secondary N) is 3. The molecule has 1 unspecified atom stereocenters. The molecule has 0 aliphatic carbocycles. The number of amidine groups is 1.